The molecule has 1 atom stereocenters. The van der Waals surface area contributed by atoms with Crippen molar-refractivity contribution in [1.29, 1.82) is 0 Å². The summed E-state index contributed by atoms with van der Waals surface area (Å²) in [5.41, 5.74) is 3.09. The molecular formula is C22H22N4O4S. The number of carbonyl (C=O) groups excluding carboxylic acids is 1. The summed E-state index contributed by atoms with van der Waals surface area (Å²) in [6.45, 7) is 3.65. The van der Waals surface area contributed by atoms with E-state index in [4.69, 9.17) is 9.47 Å². The molecule has 0 saturated heterocycles. The van der Waals surface area contributed by atoms with Gasteiger partial charge < -0.3 is 9.47 Å². The number of methoxy groups -OCH3 is 2. The average molecular weight is 439 g/mol. The third kappa shape index (κ3) is 3.61. The normalized spacial score (nSPS) is 16.2. The van der Waals surface area contributed by atoms with Crippen molar-refractivity contribution in [3.05, 3.63) is 78.2 Å². The maximum atomic E-state index is 13.5. The minimum absolute atomic E-state index is 0.221. The van der Waals surface area contributed by atoms with Gasteiger partial charge in [0, 0.05) is 18.8 Å². The van der Waals surface area contributed by atoms with Crippen LogP contribution >= 0.6 is 11.3 Å². The van der Waals surface area contributed by atoms with Gasteiger partial charge in [-0.3, -0.25) is 14.0 Å². The van der Waals surface area contributed by atoms with Crippen LogP contribution in [0.15, 0.2) is 51.5 Å². The number of carbonyl (C=O) groups is 1. The lowest BCUT2D eigenvalue weighted by Crippen LogP contribution is -2.39. The first-order chi connectivity index (χ1) is 14.8. The van der Waals surface area contributed by atoms with E-state index in [1.165, 1.54) is 18.4 Å². The van der Waals surface area contributed by atoms with E-state index >= 15 is 0 Å². The summed E-state index contributed by atoms with van der Waals surface area (Å²) in [4.78, 5) is 31.2. The third-order valence-corrected chi connectivity index (χ3v) is 6.18. The second-order valence-electron chi connectivity index (χ2n) is 7.19. The standard InChI is InChI=1S/C22H22N4O4S/c1-12-15(11-25(3)24-12)10-17-20(27)26-19(14-6-8-16(29-4)9-7-14)18(21(28)30-5)13(2)23-22(26)31-17/h6-11,19H,1-5H3/b17-10-. The summed E-state index contributed by atoms with van der Waals surface area (Å²) in [7, 11) is 4.74. The molecule has 0 spiro atoms. The van der Waals surface area contributed by atoms with Crippen LogP contribution in [0.4, 0.5) is 0 Å². The molecule has 2 aromatic heterocycles. The molecule has 31 heavy (non-hydrogen) atoms. The zero-order valence-corrected chi connectivity index (χ0v) is 18.7. The van der Waals surface area contributed by atoms with E-state index in [0.717, 1.165) is 16.8 Å². The van der Waals surface area contributed by atoms with Gasteiger partial charge in [0.25, 0.3) is 5.56 Å². The molecule has 3 heterocycles. The number of nitrogens with zero attached hydrogens (tertiary/aromatic N) is 4. The van der Waals surface area contributed by atoms with E-state index in [1.807, 2.05) is 38.4 Å². The molecule has 9 heteroatoms. The lowest BCUT2D eigenvalue weighted by molar-refractivity contribution is -0.136. The Morgan fingerprint density at radius 1 is 1.19 bits per heavy atom. The van der Waals surface area contributed by atoms with Crippen molar-refractivity contribution in [2.24, 2.45) is 12.0 Å². The van der Waals surface area contributed by atoms with Crippen LogP contribution in [-0.4, -0.2) is 34.5 Å². The van der Waals surface area contributed by atoms with Crippen LogP contribution in [0.1, 0.15) is 29.8 Å². The number of aryl methyl sites for hydroxylation is 2. The summed E-state index contributed by atoms with van der Waals surface area (Å²) in [6, 6.07) is 6.64. The molecule has 1 aromatic carbocycles. The van der Waals surface area contributed by atoms with Gasteiger partial charge in [-0.2, -0.15) is 5.10 Å². The van der Waals surface area contributed by atoms with Crippen LogP contribution in [-0.2, 0) is 16.6 Å². The van der Waals surface area contributed by atoms with Crippen LogP contribution < -0.4 is 19.6 Å². The largest absolute Gasteiger partial charge is 0.497 e. The molecule has 0 N–H and O–H groups in total. The Morgan fingerprint density at radius 3 is 2.48 bits per heavy atom. The quantitative estimate of drug-likeness (QED) is 0.576. The van der Waals surface area contributed by atoms with Gasteiger partial charge in [0.05, 0.1) is 41.8 Å². The molecule has 0 radical (unpaired) electrons. The minimum Gasteiger partial charge on any atom is -0.497 e. The molecule has 0 saturated carbocycles. The Labute approximate surface area is 182 Å². The fourth-order valence-corrected chi connectivity index (χ4v) is 4.73. The van der Waals surface area contributed by atoms with Crippen LogP contribution in [0.3, 0.4) is 0 Å². The number of allylic oxidation sites excluding steroid dienone is 1. The van der Waals surface area contributed by atoms with Gasteiger partial charge in [-0.15, -0.1) is 0 Å². The fraction of sp³-hybridized carbons (Fsp3) is 0.273. The van der Waals surface area contributed by atoms with Gasteiger partial charge in [0.15, 0.2) is 4.80 Å². The molecule has 0 fully saturated rings. The van der Waals surface area contributed by atoms with E-state index in [2.05, 4.69) is 10.1 Å². The number of esters is 1. The Morgan fingerprint density at radius 2 is 1.90 bits per heavy atom. The number of thiazole rings is 1. The molecular weight excluding hydrogens is 416 g/mol. The summed E-state index contributed by atoms with van der Waals surface area (Å²) < 4.78 is 14.1. The van der Waals surface area contributed by atoms with Gasteiger partial charge in [0.1, 0.15) is 5.75 Å². The highest BCUT2D eigenvalue weighted by atomic mass is 32.1. The zero-order valence-electron chi connectivity index (χ0n) is 17.9. The maximum absolute atomic E-state index is 13.5. The molecule has 1 unspecified atom stereocenters. The molecule has 1 aliphatic heterocycles. The lowest BCUT2D eigenvalue weighted by Gasteiger charge is -2.24. The van der Waals surface area contributed by atoms with Gasteiger partial charge in [0.2, 0.25) is 0 Å². The molecule has 0 bridgehead atoms. The molecule has 1 aliphatic rings. The van der Waals surface area contributed by atoms with Crippen LogP contribution in [0.2, 0.25) is 0 Å². The lowest BCUT2D eigenvalue weighted by atomic mass is 9.96. The number of rotatable bonds is 4. The predicted octanol–water partition coefficient (Wildman–Crippen LogP) is 1.46. The number of benzene rings is 1. The first-order valence-corrected chi connectivity index (χ1v) is 10.4. The van der Waals surface area contributed by atoms with Crippen molar-refractivity contribution in [1.82, 2.24) is 14.3 Å². The topological polar surface area (TPSA) is 87.7 Å². The number of aromatic nitrogens is 3. The van der Waals surface area contributed by atoms with Gasteiger partial charge in [-0.25, -0.2) is 9.79 Å². The fourth-order valence-electron chi connectivity index (χ4n) is 3.70. The summed E-state index contributed by atoms with van der Waals surface area (Å²) in [5.74, 6) is 0.169. The van der Waals surface area contributed by atoms with Crippen LogP contribution in [0.5, 0.6) is 5.75 Å². The first-order valence-electron chi connectivity index (χ1n) is 9.59. The summed E-state index contributed by atoms with van der Waals surface area (Å²) in [6.07, 6.45) is 3.67. The molecule has 160 valence electrons. The van der Waals surface area contributed by atoms with Crippen molar-refractivity contribution in [3.8, 4) is 5.75 Å². The van der Waals surface area contributed by atoms with E-state index < -0.39 is 12.0 Å². The van der Waals surface area contributed by atoms with E-state index in [9.17, 15) is 9.59 Å². The van der Waals surface area contributed by atoms with Crippen molar-refractivity contribution < 1.29 is 14.3 Å². The summed E-state index contributed by atoms with van der Waals surface area (Å²) >= 11 is 1.29. The third-order valence-electron chi connectivity index (χ3n) is 5.20. The van der Waals surface area contributed by atoms with Gasteiger partial charge in [-0.05, 0) is 37.6 Å². The Kier molecular flexibility index (Phi) is 5.36. The smallest absolute Gasteiger partial charge is 0.338 e. The average Bonchev–Trinajstić information content (AvgIpc) is 3.24. The van der Waals surface area contributed by atoms with Gasteiger partial charge in [-0.1, -0.05) is 23.5 Å². The van der Waals surface area contributed by atoms with Gasteiger partial charge >= 0.3 is 5.97 Å². The highest BCUT2D eigenvalue weighted by molar-refractivity contribution is 7.07. The maximum Gasteiger partial charge on any atom is 0.338 e. The van der Waals surface area contributed by atoms with E-state index in [1.54, 1.807) is 35.4 Å². The Bertz CT molecular complexity index is 1380. The van der Waals surface area contributed by atoms with Crippen molar-refractivity contribution >= 4 is 23.4 Å². The van der Waals surface area contributed by atoms with Crippen molar-refractivity contribution in [2.75, 3.05) is 14.2 Å². The highest BCUT2D eigenvalue weighted by Gasteiger charge is 2.33. The van der Waals surface area contributed by atoms with Crippen LogP contribution in [0.25, 0.3) is 6.08 Å². The second-order valence-corrected chi connectivity index (χ2v) is 8.20. The number of fused-ring (bicyclic) bond motifs is 1. The Balaban J connectivity index is 1.97. The number of ether oxygens (including phenoxy) is 2. The molecule has 3 aromatic rings. The SMILES string of the molecule is COC(=O)C1=C(C)N=c2s/c(=C\c3cn(C)nc3C)c(=O)n2C1c1ccc(OC)cc1. The first kappa shape index (κ1) is 20.8. The van der Waals surface area contributed by atoms with Crippen LogP contribution in [0, 0.1) is 6.92 Å². The molecule has 0 aliphatic carbocycles. The Hall–Kier alpha value is -3.46. The van der Waals surface area contributed by atoms with Crippen molar-refractivity contribution in [2.45, 2.75) is 19.9 Å². The van der Waals surface area contributed by atoms with E-state index in [0.29, 0.717) is 26.4 Å². The molecule has 4 rings (SSSR count). The zero-order chi connectivity index (χ0) is 22.3. The summed E-state index contributed by atoms with van der Waals surface area (Å²) in [5, 5.41) is 4.33. The van der Waals surface area contributed by atoms with E-state index in [-0.39, 0.29) is 5.56 Å². The second kappa shape index (κ2) is 7.99. The molecule has 8 nitrogen and oxygen atoms in total. The molecule has 0 amide bonds. The number of hydrogen-bond donors (Lipinski definition) is 0. The highest BCUT2D eigenvalue weighted by Crippen LogP contribution is 2.31. The minimum atomic E-state index is -0.647. The predicted molar refractivity (Wildman–Crippen MR) is 117 cm³/mol. The van der Waals surface area contributed by atoms with Crippen molar-refractivity contribution in [3.63, 3.8) is 0 Å². The number of hydrogen-bond acceptors (Lipinski definition) is 7. The monoisotopic (exact) mass is 438 g/mol.